The molecule has 0 N–H and O–H groups in total. The molecule has 1 atom stereocenters. The van der Waals surface area contributed by atoms with Gasteiger partial charge < -0.3 is 9.64 Å². The minimum Gasteiger partial charge on any atom is -0.380 e. The zero-order chi connectivity index (χ0) is 17.8. The smallest absolute Gasteiger partial charge is 0.253 e. The Morgan fingerprint density at radius 1 is 1.16 bits per heavy atom. The fourth-order valence-corrected chi connectivity index (χ4v) is 3.09. The molecule has 1 aromatic carbocycles. The molecular formula is C20H25N3O2. The van der Waals surface area contributed by atoms with E-state index in [4.69, 9.17) is 4.74 Å². The molecule has 0 saturated carbocycles. The SMILES string of the molecule is CO[C@@H]1CCCN(C(=O)c2ccc(-c3ccc(C(C)C)nn3)cc2)C1. The topological polar surface area (TPSA) is 55.3 Å². The average Bonchev–Trinajstić information content (AvgIpc) is 2.67. The van der Waals surface area contributed by atoms with E-state index in [1.54, 1.807) is 7.11 Å². The predicted molar refractivity (Wildman–Crippen MR) is 97.5 cm³/mol. The lowest BCUT2D eigenvalue weighted by Gasteiger charge is -2.32. The van der Waals surface area contributed by atoms with E-state index in [-0.39, 0.29) is 12.0 Å². The maximum atomic E-state index is 12.7. The number of aromatic nitrogens is 2. The van der Waals surface area contributed by atoms with Crippen molar-refractivity contribution in [3.05, 3.63) is 47.7 Å². The van der Waals surface area contributed by atoms with Gasteiger partial charge in [0, 0.05) is 31.3 Å². The second-order valence-corrected chi connectivity index (χ2v) is 6.83. The molecule has 3 rings (SSSR count). The summed E-state index contributed by atoms with van der Waals surface area (Å²) in [6.45, 7) is 5.65. The van der Waals surface area contributed by atoms with E-state index in [1.165, 1.54) is 0 Å². The van der Waals surface area contributed by atoms with Crippen molar-refractivity contribution in [3.8, 4) is 11.3 Å². The first-order valence-corrected chi connectivity index (χ1v) is 8.84. The van der Waals surface area contributed by atoms with Crippen LogP contribution in [0.1, 0.15) is 48.7 Å². The normalized spacial score (nSPS) is 17.8. The lowest BCUT2D eigenvalue weighted by molar-refractivity contribution is 0.0269. The molecule has 5 heteroatoms. The highest BCUT2D eigenvalue weighted by Gasteiger charge is 2.24. The Morgan fingerprint density at radius 2 is 1.92 bits per heavy atom. The van der Waals surface area contributed by atoms with E-state index in [2.05, 4.69) is 24.0 Å². The number of piperidine rings is 1. The standard InChI is InChI=1S/C20H25N3O2/c1-14(2)18-10-11-19(22-21-18)15-6-8-16(9-7-15)20(24)23-12-4-5-17(13-23)25-3/h6-11,14,17H,4-5,12-13H2,1-3H3/t17-/m1/s1. The highest BCUT2D eigenvalue weighted by molar-refractivity contribution is 5.94. The number of carbonyl (C=O) groups is 1. The Bertz CT molecular complexity index is 711. The fraction of sp³-hybridized carbons (Fsp3) is 0.450. The van der Waals surface area contributed by atoms with Crippen molar-refractivity contribution in [1.82, 2.24) is 15.1 Å². The quantitative estimate of drug-likeness (QED) is 0.855. The van der Waals surface area contributed by atoms with Gasteiger partial charge in [-0.15, -0.1) is 0 Å². The molecule has 25 heavy (non-hydrogen) atoms. The molecule has 1 amide bonds. The number of nitrogens with zero attached hydrogens (tertiary/aromatic N) is 3. The van der Waals surface area contributed by atoms with Gasteiger partial charge in [-0.05, 0) is 43.0 Å². The molecule has 0 bridgehead atoms. The summed E-state index contributed by atoms with van der Waals surface area (Å²) in [7, 11) is 1.71. The van der Waals surface area contributed by atoms with E-state index in [1.807, 2.05) is 41.3 Å². The fourth-order valence-electron chi connectivity index (χ4n) is 3.09. The average molecular weight is 339 g/mol. The van der Waals surface area contributed by atoms with Crippen molar-refractivity contribution < 1.29 is 9.53 Å². The first-order chi connectivity index (χ1) is 12.1. The van der Waals surface area contributed by atoms with Gasteiger partial charge in [-0.25, -0.2) is 0 Å². The summed E-state index contributed by atoms with van der Waals surface area (Å²) in [5.41, 5.74) is 3.47. The number of hydrogen-bond donors (Lipinski definition) is 0. The van der Waals surface area contributed by atoms with Crippen molar-refractivity contribution in [3.63, 3.8) is 0 Å². The monoisotopic (exact) mass is 339 g/mol. The van der Waals surface area contributed by atoms with Crippen molar-refractivity contribution in [2.45, 2.75) is 38.7 Å². The van der Waals surface area contributed by atoms with Gasteiger partial charge in [0.1, 0.15) is 0 Å². The molecule has 1 aliphatic heterocycles. The van der Waals surface area contributed by atoms with Crippen LogP contribution in [0.5, 0.6) is 0 Å². The van der Waals surface area contributed by atoms with E-state index < -0.39 is 0 Å². The van der Waals surface area contributed by atoms with Gasteiger partial charge in [0.25, 0.3) is 5.91 Å². The van der Waals surface area contributed by atoms with Crippen LogP contribution in [-0.4, -0.2) is 47.3 Å². The van der Waals surface area contributed by atoms with Crippen LogP contribution in [0.25, 0.3) is 11.3 Å². The number of likely N-dealkylation sites (tertiary alicyclic amines) is 1. The van der Waals surface area contributed by atoms with Gasteiger partial charge in [-0.3, -0.25) is 4.79 Å². The molecule has 132 valence electrons. The van der Waals surface area contributed by atoms with Crippen LogP contribution in [0, 0.1) is 0 Å². The third-order valence-corrected chi connectivity index (χ3v) is 4.70. The van der Waals surface area contributed by atoms with E-state index in [0.717, 1.165) is 36.3 Å². The van der Waals surface area contributed by atoms with Crippen molar-refractivity contribution in [2.24, 2.45) is 0 Å². The van der Waals surface area contributed by atoms with Gasteiger partial charge in [0.15, 0.2) is 0 Å². The summed E-state index contributed by atoms with van der Waals surface area (Å²) in [5.74, 6) is 0.427. The summed E-state index contributed by atoms with van der Waals surface area (Å²) in [5, 5.41) is 8.56. The number of ether oxygens (including phenoxy) is 1. The summed E-state index contributed by atoms with van der Waals surface area (Å²) in [6.07, 6.45) is 2.15. The van der Waals surface area contributed by atoms with Crippen LogP contribution >= 0.6 is 0 Å². The van der Waals surface area contributed by atoms with E-state index in [9.17, 15) is 4.79 Å². The van der Waals surface area contributed by atoms with Crippen molar-refractivity contribution in [1.29, 1.82) is 0 Å². The minimum absolute atomic E-state index is 0.0644. The minimum atomic E-state index is 0.0644. The predicted octanol–water partition coefficient (Wildman–Crippen LogP) is 3.52. The summed E-state index contributed by atoms with van der Waals surface area (Å²) >= 11 is 0. The molecule has 1 aromatic heterocycles. The van der Waals surface area contributed by atoms with Crippen LogP contribution in [0.3, 0.4) is 0 Å². The summed E-state index contributed by atoms with van der Waals surface area (Å²) in [4.78, 5) is 14.5. The van der Waals surface area contributed by atoms with Crippen LogP contribution < -0.4 is 0 Å². The number of carbonyl (C=O) groups excluding carboxylic acids is 1. The van der Waals surface area contributed by atoms with Gasteiger partial charge in [-0.2, -0.15) is 10.2 Å². The second kappa shape index (κ2) is 7.74. The number of methoxy groups -OCH3 is 1. The number of hydrogen-bond acceptors (Lipinski definition) is 4. The van der Waals surface area contributed by atoms with Crippen LogP contribution in [0.4, 0.5) is 0 Å². The number of amides is 1. The molecule has 0 aliphatic carbocycles. The molecule has 2 heterocycles. The Balaban J connectivity index is 1.72. The molecule has 1 fully saturated rings. The largest absolute Gasteiger partial charge is 0.380 e. The summed E-state index contributed by atoms with van der Waals surface area (Å²) < 4.78 is 5.40. The zero-order valence-corrected chi connectivity index (χ0v) is 15.1. The van der Waals surface area contributed by atoms with Gasteiger partial charge in [-0.1, -0.05) is 26.0 Å². The molecule has 2 aromatic rings. The molecule has 0 unspecified atom stereocenters. The molecule has 0 radical (unpaired) electrons. The van der Waals surface area contributed by atoms with E-state index in [0.29, 0.717) is 18.0 Å². The second-order valence-electron chi connectivity index (χ2n) is 6.83. The van der Waals surface area contributed by atoms with Crippen molar-refractivity contribution >= 4 is 5.91 Å². The maximum Gasteiger partial charge on any atom is 0.253 e. The lowest BCUT2D eigenvalue weighted by Crippen LogP contribution is -2.42. The van der Waals surface area contributed by atoms with E-state index >= 15 is 0 Å². The van der Waals surface area contributed by atoms with Crippen LogP contribution in [-0.2, 0) is 4.74 Å². The molecule has 0 spiro atoms. The maximum absolute atomic E-state index is 12.7. The zero-order valence-electron chi connectivity index (χ0n) is 15.1. The third-order valence-electron chi connectivity index (χ3n) is 4.70. The van der Waals surface area contributed by atoms with Gasteiger partial charge in [0.2, 0.25) is 0 Å². The Labute approximate surface area is 149 Å². The first kappa shape index (κ1) is 17.5. The van der Waals surface area contributed by atoms with Crippen LogP contribution in [0.2, 0.25) is 0 Å². The van der Waals surface area contributed by atoms with Crippen molar-refractivity contribution in [2.75, 3.05) is 20.2 Å². The number of rotatable bonds is 4. The van der Waals surface area contributed by atoms with Gasteiger partial charge in [0.05, 0.1) is 17.5 Å². The van der Waals surface area contributed by atoms with Crippen LogP contribution in [0.15, 0.2) is 36.4 Å². The molecule has 1 saturated heterocycles. The Morgan fingerprint density at radius 3 is 2.52 bits per heavy atom. The molecular weight excluding hydrogens is 314 g/mol. The molecule has 5 nitrogen and oxygen atoms in total. The third kappa shape index (κ3) is 4.04. The first-order valence-electron chi connectivity index (χ1n) is 8.84. The Kier molecular flexibility index (Phi) is 5.43. The summed E-state index contributed by atoms with van der Waals surface area (Å²) in [6, 6.07) is 11.6. The Hall–Kier alpha value is -2.27. The van der Waals surface area contributed by atoms with Gasteiger partial charge >= 0.3 is 0 Å². The highest BCUT2D eigenvalue weighted by Crippen LogP contribution is 2.21. The number of benzene rings is 1. The molecule has 1 aliphatic rings. The highest BCUT2D eigenvalue weighted by atomic mass is 16.5. The lowest BCUT2D eigenvalue weighted by atomic mass is 10.0.